The third kappa shape index (κ3) is 2.66. The highest BCUT2D eigenvalue weighted by Gasteiger charge is 2.03. The average molecular weight is 265 g/mol. The van der Waals surface area contributed by atoms with E-state index in [1.807, 2.05) is 50.5 Å². The number of nitrogens with one attached hydrogen (secondary N) is 1. The fraction of sp³-hybridized carbons (Fsp3) is 0.133. The van der Waals surface area contributed by atoms with E-state index in [1.165, 1.54) is 0 Å². The van der Waals surface area contributed by atoms with E-state index in [-0.39, 0.29) is 0 Å². The first-order valence-corrected chi connectivity index (χ1v) is 6.36. The van der Waals surface area contributed by atoms with Crippen LogP contribution in [0.3, 0.4) is 0 Å². The first-order chi connectivity index (χ1) is 9.70. The topological polar surface area (TPSA) is 55.6 Å². The molecular weight excluding hydrogens is 250 g/mol. The van der Waals surface area contributed by atoms with Crippen molar-refractivity contribution in [2.75, 3.05) is 5.32 Å². The molecule has 0 aliphatic carbocycles. The molecule has 0 aromatic carbocycles. The normalized spacial score (nSPS) is 10.5. The summed E-state index contributed by atoms with van der Waals surface area (Å²) in [6, 6.07) is 9.92. The molecule has 3 aromatic rings. The third-order valence-corrected chi connectivity index (χ3v) is 2.92. The Labute approximate surface area is 117 Å². The second kappa shape index (κ2) is 5.13. The molecule has 0 spiro atoms. The van der Waals surface area contributed by atoms with E-state index < -0.39 is 0 Å². The SMILES string of the molecule is Cc1cccc(-c2ccnc(Nc3cnn(C)c3)c2)n1. The van der Waals surface area contributed by atoms with Gasteiger partial charge in [0.25, 0.3) is 0 Å². The van der Waals surface area contributed by atoms with Gasteiger partial charge in [-0.25, -0.2) is 4.98 Å². The minimum absolute atomic E-state index is 0.777. The van der Waals surface area contributed by atoms with Crippen LogP contribution in [-0.2, 0) is 7.05 Å². The van der Waals surface area contributed by atoms with Gasteiger partial charge in [-0.1, -0.05) is 6.07 Å². The molecule has 100 valence electrons. The van der Waals surface area contributed by atoms with Crippen LogP contribution in [0.15, 0.2) is 48.9 Å². The lowest BCUT2D eigenvalue weighted by atomic mass is 10.1. The lowest BCUT2D eigenvalue weighted by Gasteiger charge is -2.06. The standard InChI is InChI=1S/C15H15N5/c1-11-4-3-5-14(18-11)12-6-7-16-15(8-12)19-13-9-17-20(2)10-13/h3-10H,1-2H3,(H,16,19). The summed E-state index contributed by atoms with van der Waals surface area (Å²) in [6.45, 7) is 1.99. The zero-order chi connectivity index (χ0) is 13.9. The van der Waals surface area contributed by atoms with Crippen LogP contribution >= 0.6 is 0 Å². The Hall–Kier alpha value is -2.69. The van der Waals surface area contributed by atoms with Crippen LogP contribution in [0, 0.1) is 6.92 Å². The first kappa shape index (κ1) is 12.3. The maximum absolute atomic E-state index is 4.52. The van der Waals surface area contributed by atoms with Gasteiger partial charge in [-0.3, -0.25) is 9.67 Å². The van der Waals surface area contributed by atoms with Crippen LogP contribution in [0.1, 0.15) is 5.69 Å². The molecule has 3 aromatic heterocycles. The Morgan fingerprint density at radius 3 is 2.85 bits per heavy atom. The number of nitrogens with zero attached hydrogens (tertiary/aromatic N) is 4. The molecule has 0 fully saturated rings. The largest absolute Gasteiger partial charge is 0.338 e. The summed E-state index contributed by atoms with van der Waals surface area (Å²) < 4.78 is 1.74. The lowest BCUT2D eigenvalue weighted by molar-refractivity contribution is 0.768. The van der Waals surface area contributed by atoms with Gasteiger partial charge in [-0.2, -0.15) is 5.10 Å². The number of rotatable bonds is 3. The van der Waals surface area contributed by atoms with E-state index in [0.717, 1.165) is 28.5 Å². The molecule has 0 aliphatic heterocycles. The van der Waals surface area contributed by atoms with Gasteiger partial charge >= 0.3 is 0 Å². The van der Waals surface area contributed by atoms with Crippen molar-refractivity contribution in [2.45, 2.75) is 6.92 Å². The average Bonchev–Trinajstić information content (AvgIpc) is 2.84. The van der Waals surface area contributed by atoms with Gasteiger partial charge in [-0.15, -0.1) is 0 Å². The van der Waals surface area contributed by atoms with Crippen LogP contribution in [0.25, 0.3) is 11.3 Å². The van der Waals surface area contributed by atoms with Crippen molar-refractivity contribution in [3.05, 3.63) is 54.6 Å². The summed E-state index contributed by atoms with van der Waals surface area (Å²) in [5, 5.41) is 7.35. The zero-order valence-corrected chi connectivity index (χ0v) is 11.4. The van der Waals surface area contributed by atoms with Gasteiger partial charge < -0.3 is 5.32 Å². The summed E-state index contributed by atoms with van der Waals surface area (Å²) in [6.07, 6.45) is 5.44. The number of aromatic nitrogens is 4. The molecule has 20 heavy (non-hydrogen) atoms. The molecule has 3 heterocycles. The third-order valence-electron chi connectivity index (χ3n) is 2.92. The molecule has 0 atom stereocenters. The van der Waals surface area contributed by atoms with Gasteiger partial charge in [0.15, 0.2) is 0 Å². The highest BCUT2D eigenvalue weighted by molar-refractivity contribution is 5.65. The number of pyridine rings is 2. The van der Waals surface area contributed by atoms with Crippen molar-refractivity contribution >= 4 is 11.5 Å². The van der Waals surface area contributed by atoms with E-state index in [9.17, 15) is 0 Å². The maximum atomic E-state index is 4.52. The van der Waals surface area contributed by atoms with Crippen molar-refractivity contribution in [1.29, 1.82) is 0 Å². The predicted octanol–water partition coefficient (Wildman–Crippen LogP) is 2.93. The molecular formula is C15H15N5. The van der Waals surface area contributed by atoms with Crippen LogP contribution in [-0.4, -0.2) is 19.7 Å². The first-order valence-electron chi connectivity index (χ1n) is 6.36. The molecule has 0 radical (unpaired) electrons. The van der Waals surface area contributed by atoms with Crippen molar-refractivity contribution in [2.24, 2.45) is 7.05 Å². The molecule has 0 saturated carbocycles. The summed E-state index contributed by atoms with van der Waals surface area (Å²) >= 11 is 0. The van der Waals surface area contributed by atoms with Gasteiger partial charge in [0, 0.05) is 30.7 Å². The summed E-state index contributed by atoms with van der Waals surface area (Å²) in [5.74, 6) is 0.777. The Bertz CT molecular complexity index is 732. The fourth-order valence-corrected chi connectivity index (χ4v) is 2.00. The molecule has 5 heteroatoms. The Morgan fingerprint density at radius 1 is 1.20 bits per heavy atom. The summed E-state index contributed by atoms with van der Waals surface area (Å²) in [4.78, 5) is 8.84. The number of hydrogen-bond acceptors (Lipinski definition) is 4. The van der Waals surface area contributed by atoms with Crippen molar-refractivity contribution < 1.29 is 0 Å². The van der Waals surface area contributed by atoms with Crippen LogP contribution < -0.4 is 5.32 Å². The molecule has 0 aliphatic rings. The Kier molecular flexibility index (Phi) is 3.16. The van der Waals surface area contributed by atoms with E-state index in [2.05, 4.69) is 20.4 Å². The van der Waals surface area contributed by atoms with E-state index in [0.29, 0.717) is 0 Å². The Balaban J connectivity index is 1.89. The maximum Gasteiger partial charge on any atom is 0.131 e. The lowest BCUT2D eigenvalue weighted by Crippen LogP contribution is -1.93. The second-order valence-electron chi connectivity index (χ2n) is 4.62. The molecule has 0 unspecified atom stereocenters. The van der Waals surface area contributed by atoms with Crippen LogP contribution in [0.2, 0.25) is 0 Å². The van der Waals surface area contributed by atoms with Gasteiger partial charge in [-0.05, 0) is 31.2 Å². The predicted molar refractivity (Wildman–Crippen MR) is 78.7 cm³/mol. The minimum Gasteiger partial charge on any atom is -0.338 e. The minimum atomic E-state index is 0.777. The monoisotopic (exact) mass is 265 g/mol. The number of anilines is 2. The molecule has 1 N–H and O–H groups in total. The van der Waals surface area contributed by atoms with Crippen LogP contribution in [0.5, 0.6) is 0 Å². The highest BCUT2D eigenvalue weighted by Crippen LogP contribution is 2.21. The van der Waals surface area contributed by atoms with Crippen molar-refractivity contribution in [3.63, 3.8) is 0 Å². The summed E-state index contributed by atoms with van der Waals surface area (Å²) in [5.41, 5.74) is 3.90. The number of aryl methyl sites for hydroxylation is 2. The van der Waals surface area contributed by atoms with Crippen molar-refractivity contribution in [3.8, 4) is 11.3 Å². The van der Waals surface area contributed by atoms with E-state index >= 15 is 0 Å². The molecule has 3 rings (SSSR count). The van der Waals surface area contributed by atoms with Gasteiger partial charge in [0.05, 0.1) is 17.6 Å². The Morgan fingerprint density at radius 2 is 2.10 bits per heavy atom. The van der Waals surface area contributed by atoms with Crippen molar-refractivity contribution in [1.82, 2.24) is 19.7 Å². The summed E-state index contributed by atoms with van der Waals surface area (Å²) in [7, 11) is 1.88. The molecule has 5 nitrogen and oxygen atoms in total. The molecule has 0 bridgehead atoms. The van der Waals surface area contributed by atoms with Gasteiger partial charge in [0.2, 0.25) is 0 Å². The van der Waals surface area contributed by atoms with Crippen LogP contribution in [0.4, 0.5) is 11.5 Å². The van der Waals surface area contributed by atoms with E-state index in [4.69, 9.17) is 0 Å². The van der Waals surface area contributed by atoms with E-state index in [1.54, 1.807) is 17.1 Å². The molecule has 0 amide bonds. The molecule has 0 saturated heterocycles. The zero-order valence-electron chi connectivity index (χ0n) is 11.4. The fourth-order valence-electron chi connectivity index (χ4n) is 2.00. The smallest absolute Gasteiger partial charge is 0.131 e. The second-order valence-corrected chi connectivity index (χ2v) is 4.62. The number of hydrogen-bond donors (Lipinski definition) is 1. The highest BCUT2D eigenvalue weighted by atomic mass is 15.3. The van der Waals surface area contributed by atoms with Gasteiger partial charge in [0.1, 0.15) is 5.82 Å². The quantitative estimate of drug-likeness (QED) is 0.791.